The molecule has 0 saturated heterocycles. The highest BCUT2D eigenvalue weighted by molar-refractivity contribution is 6.04. The van der Waals surface area contributed by atoms with Crippen molar-refractivity contribution in [3.05, 3.63) is 82.2 Å². The van der Waals surface area contributed by atoms with E-state index in [1.54, 1.807) is 20.3 Å². The van der Waals surface area contributed by atoms with Gasteiger partial charge in [0.1, 0.15) is 11.5 Å². The predicted molar refractivity (Wildman–Crippen MR) is 125 cm³/mol. The average molecular weight is 448 g/mol. The third-order valence-corrected chi connectivity index (χ3v) is 6.21. The van der Waals surface area contributed by atoms with E-state index in [1.807, 2.05) is 49.4 Å². The fourth-order valence-electron chi connectivity index (χ4n) is 4.61. The molecule has 6 nitrogen and oxygen atoms in total. The Morgan fingerprint density at radius 3 is 2.58 bits per heavy atom. The number of carbonyl (C=O) groups is 2. The number of benzene rings is 2. The van der Waals surface area contributed by atoms with Crippen molar-refractivity contribution >= 4 is 11.8 Å². The molecule has 0 radical (unpaired) electrons. The summed E-state index contributed by atoms with van der Waals surface area (Å²) in [6.07, 6.45) is 2.64. The molecule has 0 spiro atoms. The summed E-state index contributed by atoms with van der Waals surface area (Å²) in [5.74, 6) is 0.270. The van der Waals surface area contributed by atoms with E-state index in [-0.39, 0.29) is 12.4 Å². The molecule has 2 aromatic rings. The number of Topliss-reactive ketones (excluding diaryl/α,β-unsaturated/α-hetero) is 1. The quantitative estimate of drug-likeness (QED) is 0.632. The summed E-state index contributed by atoms with van der Waals surface area (Å²) in [6.45, 7) is 2.12. The molecule has 4 rings (SSSR count). The molecule has 2 aromatic carbocycles. The largest absolute Gasteiger partial charge is 0.497 e. The molecule has 1 aliphatic carbocycles. The molecule has 6 heteroatoms. The Morgan fingerprint density at radius 1 is 1.06 bits per heavy atom. The van der Waals surface area contributed by atoms with Crippen molar-refractivity contribution in [3.8, 4) is 11.5 Å². The third-order valence-electron chi connectivity index (χ3n) is 6.21. The van der Waals surface area contributed by atoms with Gasteiger partial charge in [-0.05, 0) is 31.4 Å². The molecule has 1 heterocycles. The number of hydrogen-bond acceptors (Lipinski definition) is 6. The monoisotopic (exact) mass is 447 g/mol. The van der Waals surface area contributed by atoms with Gasteiger partial charge in [-0.2, -0.15) is 0 Å². The summed E-state index contributed by atoms with van der Waals surface area (Å²) >= 11 is 0. The zero-order valence-corrected chi connectivity index (χ0v) is 19.3. The van der Waals surface area contributed by atoms with Gasteiger partial charge < -0.3 is 19.5 Å². The maximum absolute atomic E-state index is 13.4. The van der Waals surface area contributed by atoms with Crippen LogP contribution in [0, 0.1) is 0 Å². The summed E-state index contributed by atoms with van der Waals surface area (Å²) < 4.78 is 16.7. The lowest BCUT2D eigenvalue weighted by Crippen LogP contribution is -2.34. The van der Waals surface area contributed by atoms with Crippen LogP contribution in [-0.2, 0) is 20.7 Å². The predicted octanol–water partition coefficient (Wildman–Crippen LogP) is 4.46. The summed E-state index contributed by atoms with van der Waals surface area (Å²) in [5.41, 5.74) is 4.50. The fraction of sp³-hybridized carbons (Fsp3) is 0.333. The lowest BCUT2D eigenvalue weighted by molar-refractivity contribution is -0.139. The summed E-state index contributed by atoms with van der Waals surface area (Å²) in [6, 6.07) is 15.3. The molecule has 0 fully saturated rings. The zero-order valence-electron chi connectivity index (χ0n) is 19.3. The van der Waals surface area contributed by atoms with Crippen LogP contribution in [0.15, 0.2) is 71.1 Å². The molecule has 1 atom stereocenters. The number of nitrogens with one attached hydrogen (secondary N) is 1. The number of carbonyl (C=O) groups excluding carboxylic acids is 2. The van der Waals surface area contributed by atoms with Crippen molar-refractivity contribution in [2.24, 2.45) is 0 Å². The standard InChI is InChI=1S/C27H29NO5/c1-17-24(27(30)33-15-14-18-8-5-4-6-9-18)25(26-21(28-17)10-7-11-22(26)29)20-13-12-19(31-2)16-23(20)32-3/h4-6,8-9,12-13,16,25,28H,7,10-11,14-15H2,1-3H3. The minimum Gasteiger partial charge on any atom is -0.497 e. The minimum absolute atomic E-state index is 0.0497. The highest BCUT2D eigenvalue weighted by atomic mass is 16.5. The van der Waals surface area contributed by atoms with E-state index in [0.717, 1.165) is 29.7 Å². The van der Waals surface area contributed by atoms with Gasteiger partial charge in [0.05, 0.1) is 32.3 Å². The number of dihydropyridines is 1. The Labute approximate surface area is 194 Å². The molecule has 1 unspecified atom stereocenters. The number of ketones is 1. The summed E-state index contributed by atoms with van der Waals surface area (Å²) in [4.78, 5) is 26.4. The Kier molecular flexibility index (Phi) is 6.82. The van der Waals surface area contributed by atoms with Crippen LogP contribution in [0.25, 0.3) is 0 Å². The van der Waals surface area contributed by atoms with Crippen LogP contribution in [-0.4, -0.2) is 32.6 Å². The molecule has 0 saturated carbocycles. The van der Waals surface area contributed by atoms with Gasteiger partial charge in [0.15, 0.2) is 5.78 Å². The van der Waals surface area contributed by atoms with Crippen molar-refractivity contribution in [2.75, 3.05) is 20.8 Å². The number of allylic oxidation sites excluding steroid dienone is 3. The SMILES string of the molecule is COc1ccc(C2C(C(=O)OCCc3ccccc3)=C(C)NC3=C2C(=O)CCC3)c(OC)c1. The van der Waals surface area contributed by atoms with Gasteiger partial charge in [0.25, 0.3) is 0 Å². The number of ether oxygens (including phenoxy) is 3. The summed E-state index contributed by atoms with van der Waals surface area (Å²) in [5, 5.41) is 3.32. The first-order valence-corrected chi connectivity index (χ1v) is 11.2. The van der Waals surface area contributed by atoms with Crippen LogP contribution in [0.1, 0.15) is 43.2 Å². The number of esters is 1. The Morgan fingerprint density at radius 2 is 1.85 bits per heavy atom. The van der Waals surface area contributed by atoms with Crippen molar-refractivity contribution in [3.63, 3.8) is 0 Å². The topological polar surface area (TPSA) is 73.9 Å². The first kappa shape index (κ1) is 22.6. The van der Waals surface area contributed by atoms with E-state index >= 15 is 0 Å². The number of rotatable bonds is 7. The Hall–Kier alpha value is -3.54. The smallest absolute Gasteiger partial charge is 0.336 e. The van der Waals surface area contributed by atoms with E-state index in [4.69, 9.17) is 14.2 Å². The average Bonchev–Trinajstić information content (AvgIpc) is 2.83. The molecule has 33 heavy (non-hydrogen) atoms. The maximum Gasteiger partial charge on any atom is 0.336 e. The second-order valence-corrected chi connectivity index (χ2v) is 8.25. The van der Waals surface area contributed by atoms with Crippen LogP contribution in [0.5, 0.6) is 11.5 Å². The molecule has 0 amide bonds. The second-order valence-electron chi connectivity index (χ2n) is 8.25. The lowest BCUT2D eigenvalue weighted by Gasteiger charge is -2.34. The molecule has 0 aromatic heterocycles. The Bertz CT molecular complexity index is 1120. The van der Waals surface area contributed by atoms with Gasteiger partial charge in [-0.1, -0.05) is 36.4 Å². The number of hydrogen-bond donors (Lipinski definition) is 1. The van der Waals surface area contributed by atoms with Gasteiger partial charge in [0.2, 0.25) is 0 Å². The highest BCUT2D eigenvalue weighted by Gasteiger charge is 2.40. The minimum atomic E-state index is -0.556. The maximum atomic E-state index is 13.4. The van der Waals surface area contributed by atoms with Crippen LogP contribution in [0.3, 0.4) is 0 Å². The molecular formula is C27H29NO5. The van der Waals surface area contributed by atoms with E-state index in [0.29, 0.717) is 41.2 Å². The van der Waals surface area contributed by atoms with Crippen LogP contribution < -0.4 is 14.8 Å². The van der Waals surface area contributed by atoms with Gasteiger partial charge in [-0.25, -0.2) is 4.79 Å². The second kappa shape index (κ2) is 9.94. The van der Waals surface area contributed by atoms with E-state index in [1.165, 1.54) is 0 Å². The van der Waals surface area contributed by atoms with E-state index in [2.05, 4.69) is 5.32 Å². The number of methoxy groups -OCH3 is 2. The van der Waals surface area contributed by atoms with Crippen LogP contribution in [0.2, 0.25) is 0 Å². The molecule has 0 bridgehead atoms. The summed E-state index contributed by atoms with van der Waals surface area (Å²) in [7, 11) is 3.16. The molecular weight excluding hydrogens is 418 g/mol. The van der Waals surface area contributed by atoms with Gasteiger partial charge in [0, 0.05) is 41.4 Å². The van der Waals surface area contributed by atoms with Gasteiger partial charge >= 0.3 is 5.97 Å². The van der Waals surface area contributed by atoms with Crippen molar-refractivity contribution in [2.45, 2.75) is 38.5 Å². The normalized spacial score (nSPS) is 17.9. The van der Waals surface area contributed by atoms with E-state index in [9.17, 15) is 9.59 Å². The van der Waals surface area contributed by atoms with Gasteiger partial charge in [-0.3, -0.25) is 4.79 Å². The lowest BCUT2D eigenvalue weighted by atomic mass is 9.75. The molecule has 1 aliphatic heterocycles. The van der Waals surface area contributed by atoms with Crippen LogP contribution in [0.4, 0.5) is 0 Å². The zero-order chi connectivity index (χ0) is 23.4. The Balaban J connectivity index is 1.70. The molecule has 2 aliphatic rings. The fourth-order valence-corrected chi connectivity index (χ4v) is 4.61. The van der Waals surface area contributed by atoms with E-state index < -0.39 is 11.9 Å². The van der Waals surface area contributed by atoms with Crippen molar-refractivity contribution in [1.29, 1.82) is 0 Å². The highest BCUT2D eigenvalue weighted by Crippen LogP contribution is 2.46. The molecule has 172 valence electrons. The van der Waals surface area contributed by atoms with Gasteiger partial charge in [-0.15, -0.1) is 0 Å². The van der Waals surface area contributed by atoms with Crippen LogP contribution >= 0.6 is 0 Å². The first-order valence-electron chi connectivity index (χ1n) is 11.2. The van der Waals surface area contributed by atoms with Crippen molar-refractivity contribution < 1.29 is 23.8 Å². The first-order chi connectivity index (χ1) is 16.0. The molecule has 1 N–H and O–H groups in total. The third kappa shape index (κ3) is 4.65. The van der Waals surface area contributed by atoms with Crippen molar-refractivity contribution in [1.82, 2.24) is 5.32 Å².